The van der Waals surface area contributed by atoms with E-state index >= 15 is 0 Å². The van der Waals surface area contributed by atoms with E-state index in [0.29, 0.717) is 13.2 Å². The number of benzene rings is 1. The summed E-state index contributed by atoms with van der Waals surface area (Å²) in [7, 11) is -6.20. The summed E-state index contributed by atoms with van der Waals surface area (Å²) >= 11 is 1.06. The van der Waals surface area contributed by atoms with E-state index in [-0.39, 0.29) is 33.6 Å². The third kappa shape index (κ3) is 3.86. The minimum absolute atomic E-state index is 0.0101. The number of nitrogens with zero attached hydrogens (tertiary/aromatic N) is 1. The van der Waals surface area contributed by atoms with Crippen LogP contribution in [-0.4, -0.2) is 54.6 Å². The first-order valence-corrected chi connectivity index (χ1v) is 11.5. The standard InChI is InChI=1S/C15H18N2O6S3/c1-22-14-5-4-12(26(20,21)17-6-8-23-9-7-17)11-13(14)16-25(18,19)15-3-2-10-24-15/h2-5,10-11,16H,6-9H2,1H3. The minimum atomic E-state index is -3.83. The fourth-order valence-corrected chi connectivity index (χ4v) is 5.96. The van der Waals surface area contributed by atoms with Gasteiger partial charge in [-0.15, -0.1) is 11.3 Å². The Morgan fingerprint density at radius 3 is 2.50 bits per heavy atom. The first kappa shape index (κ1) is 19.1. The lowest BCUT2D eigenvalue weighted by atomic mass is 10.3. The summed E-state index contributed by atoms with van der Waals surface area (Å²) in [5.74, 6) is 0.228. The molecule has 0 aliphatic carbocycles. The van der Waals surface area contributed by atoms with Crippen molar-refractivity contribution in [1.29, 1.82) is 0 Å². The predicted molar refractivity (Wildman–Crippen MR) is 97.7 cm³/mol. The van der Waals surface area contributed by atoms with Gasteiger partial charge in [0, 0.05) is 13.1 Å². The second-order valence-electron chi connectivity index (χ2n) is 5.42. The van der Waals surface area contributed by atoms with Gasteiger partial charge in [0.2, 0.25) is 10.0 Å². The van der Waals surface area contributed by atoms with Gasteiger partial charge in [-0.3, -0.25) is 4.72 Å². The molecular weight excluding hydrogens is 400 g/mol. The Hall–Kier alpha value is -1.66. The number of morpholine rings is 1. The van der Waals surface area contributed by atoms with Crippen LogP contribution in [0.1, 0.15) is 0 Å². The Bertz CT molecular complexity index is 965. The Balaban J connectivity index is 1.97. The number of anilines is 1. The van der Waals surface area contributed by atoms with E-state index < -0.39 is 20.0 Å². The molecule has 1 aromatic heterocycles. The number of nitrogens with one attached hydrogen (secondary N) is 1. The van der Waals surface area contributed by atoms with Crippen molar-refractivity contribution in [2.24, 2.45) is 0 Å². The molecule has 8 nitrogen and oxygen atoms in total. The van der Waals surface area contributed by atoms with Gasteiger partial charge in [-0.25, -0.2) is 16.8 Å². The van der Waals surface area contributed by atoms with E-state index in [1.54, 1.807) is 11.4 Å². The minimum Gasteiger partial charge on any atom is -0.495 e. The Morgan fingerprint density at radius 2 is 1.88 bits per heavy atom. The molecule has 0 spiro atoms. The van der Waals surface area contributed by atoms with Crippen molar-refractivity contribution in [3.63, 3.8) is 0 Å². The molecule has 26 heavy (non-hydrogen) atoms. The van der Waals surface area contributed by atoms with E-state index in [1.807, 2.05) is 0 Å². The molecule has 1 aliphatic heterocycles. The summed E-state index contributed by atoms with van der Waals surface area (Å²) in [5, 5.41) is 1.64. The van der Waals surface area contributed by atoms with Crippen LogP contribution in [0.25, 0.3) is 0 Å². The fraction of sp³-hybridized carbons (Fsp3) is 0.333. The Morgan fingerprint density at radius 1 is 1.15 bits per heavy atom. The molecule has 1 aliphatic rings. The molecule has 1 aromatic carbocycles. The molecule has 2 aromatic rings. The summed E-state index contributed by atoms with van der Waals surface area (Å²) in [6.07, 6.45) is 0. The van der Waals surface area contributed by atoms with E-state index in [2.05, 4.69) is 4.72 Å². The van der Waals surface area contributed by atoms with Crippen LogP contribution in [0.3, 0.4) is 0 Å². The van der Waals surface area contributed by atoms with Gasteiger partial charge >= 0.3 is 0 Å². The summed E-state index contributed by atoms with van der Waals surface area (Å²) in [6, 6.07) is 7.19. The molecule has 2 heterocycles. The van der Waals surface area contributed by atoms with Crippen molar-refractivity contribution in [1.82, 2.24) is 4.31 Å². The molecular formula is C15H18N2O6S3. The summed E-state index contributed by atoms with van der Waals surface area (Å²) < 4.78 is 64.7. The largest absolute Gasteiger partial charge is 0.495 e. The Labute approximate surface area is 156 Å². The molecule has 142 valence electrons. The van der Waals surface area contributed by atoms with Crippen LogP contribution in [0.5, 0.6) is 5.75 Å². The highest BCUT2D eigenvalue weighted by molar-refractivity contribution is 7.94. The maximum absolute atomic E-state index is 12.8. The number of rotatable bonds is 6. The first-order valence-electron chi connectivity index (χ1n) is 7.67. The fourth-order valence-electron chi connectivity index (χ4n) is 2.47. The maximum Gasteiger partial charge on any atom is 0.271 e. The van der Waals surface area contributed by atoms with Gasteiger partial charge in [0.15, 0.2) is 0 Å². The average molecular weight is 419 g/mol. The summed E-state index contributed by atoms with van der Waals surface area (Å²) in [6.45, 7) is 1.16. The zero-order valence-electron chi connectivity index (χ0n) is 13.9. The zero-order valence-corrected chi connectivity index (χ0v) is 16.4. The normalized spacial score (nSPS) is 16.3. The number of hydrogen-bond acceptors (Lipinski definition) is 7. The van der Waals surface area contributed by atoms with Crippen LogP contribution < -0.4 is 9.46 Å². The lowest BCUT2D eigenvalue weighted by molar-refractivity contribution is 0.0730. The smallest absolute Gasteiger partial charge is 0.271 e. The van der Waals surface area contributed by atoms with Gasteiger partial charge in [-0.05, 0) is 29.6 Å². The van der Waals surface area contributed by atoms with Gasteiger partial charge in [-0.1, -0.05) is 6.07 Å². The van der Waals surface area contributed by atoms with Crippen molar-refractivity contribution in [3.05, 3.63) is 35.7 Å². The average Bonchev–Trinajstić information content (AvgIpc) is 3.18. The molecule has 1 N–H and O–H groups in total. The quantitative estimate of drug-likeness (QED) is 0.764. The van der Waals surface area contributed by atoms with E-state index in [4.69, 9.17) is 9.47 Å². The van der Waals surface area contributed by atoms with Crippen molar-refractivity contribution in [2.45, 2.75) is 9.10 Å². The summed E-state index contributed by atoms with van der Waals surface area (Å²) in [5.41, 5.74) is 0.0650. The maximum atomic E-state index is 12.8. The van der Waals surface area contributed by atoms with Crippen LogP contribution in [0, 0.1) is 0 Å². The molecule has 1 fully saturated rings. The molecule has 0 amide bonds. The predicted octanol–water partition coefficient (Wildman–Crippen LogP) is 1.58. The second kappa shape index (κ2) is 7.53. The van der Waals surface area contributed by atoms with Gasteiger partial charge < -0.3 is 9.47 Å². The molecule has 0 unspecified atom stereocenters. The first-order chi connectivity index (χ1) is 12.3. The van der Waals surface area contributed by atoms with Crippen LogP contribution in [0.15, 0.2) is 44.8 Å². The highest BCUT2D eigenvalue weighted by Crippen LogP contribution is 2.31. The lowest BCUT2D eigenvalue weighted by Gasteiger charge is -2.26. The third-order valence-electron chi connectivity index (χ3n) is 3.78. The van der Waals surface area contributed by atoms with E-state index in [1.165, 1.54) is 35.7 Å². The van der Waals surface area contributed by atoms with E-state index in [0.717, 1.165) is 11.3 Å². The highest BCUT2D eigenvalue weighted by atomic mass is 32.2. The number of methoxy groups -OCH3 is 1. The zero-order chi connectivity index (χ0) is 18.8. The summed E-state index contributed by atoms with van der Waals surface area (Å²) in [4.78, 5) is -0.0101. The number of thiophene rings is 1. The van der Waals surface area contributed by atoms with Gasteiger partial charge in [-0.2, -0.15) is 4.31 Å². The molecule has 0 saturated carbocycles. The second-order valence-corrected chi connectivity index (χ2v) is 10.2. The van der Waals surface area contributed by atoms with Crippen molar-refractivity contribution >= 4 is 37.1 Å². The van der Waals surface area contributed by atoms with Gasteiger partial charge in [0.05, 0.1) is 30.9 Å². The van der Waals surface area contributed by atoms with Gasteiger partial charge in [0.1, 0.15) is 9.96 Å². The molecule has 0 bridgehead atoms. The number of ether oxygens (including phenoxy) is 2. The van der Waals surface area contributed by atoms with E-state index in [9.17, 15) is 16.8 Å². The topological polar surface area (TPSA) is 102 Å². The molecule has 3 rings (SSSR count). The highest BCUT2D eigenvalue weighted by Gasteiger charge is 2.28. The van der Waals surface area contributed by atoms with Crippen LogP contribution in [0.2, 0.25) is 0 Å². The SMILES string of the molecule is COc1ccc(S(=O)(=O)N2CCOCC2)cc1NS(=O)(=O)c1cccs1. The van der Waals surface area contributed by atoms with Gasteiger partial charge in [0.25, 0.3) is 10.0 Å². The molecule has 0 radical (unpaired) electrons. The number of sulfonamides is 2. The van der Waals surface area contributed by atoms with Crippen molar-refractivity contribution in [3.8, 4) is 5.75 Å². The molecule has 0 atom stereocenters. The monoisotopic (exact) mass is 418 g/mol. The van der Waals surface area contributed by atoms with Crippen LogP contribution in [-0.2, 0) is 24.8 Å². The third-order valence-corrected chi connectivity index (χ3v) is 8.44. The molecule has 11 heteroatoms. The van der Waals surface area contributed by atoms with Crippen LogP contribution >= 0.6 is 11.3 Å². The van der Waals surface area contributed by atoms with Crippen molar-refractivity contribution < 1.29 is 26.3 Å². The van der Waals surface area contributed by atoms with Crippen molar-refractivity contribution in [2.75, 3.05) is 38.1 Å². The lowest BCUT2D eigenvalue weighted by Crippen LogP contribution is -2.40. The molecule has 1 saturated heterocycles. The van der Waals surface area contributed by atoms with Crippen LogP contribution in [0.4, 0.5) is 5.69 Å². The number of hydrogen-bond donors (Lipinski definition) is 1. The Kier molecular flexibility index (Phi) is 5.53.